The molecule has 1 saturated heterocycles. The van der Waals surface area contributed by atoms with Crippen LogP contribution in [0.3, 0.4) is 0 Å². The van der Waals surface area contributed by atoms with Crippen LogP contribution in [-0.2, 0) is 38.9 Å². The number of benzene rings is 3. The maximum Gasteiger partial charge on any atom is 0.229 e. The molecule has 2 fully saturated rings. The molecule has 0 radical (unpaired) electrons. The molecule has 1 aliphatic carbocycles. The molecule has 5 aliphatic rings. The van der Waals surface area contributed by atoms with Gasteiger partial charge in [-0.1, -0.05) is 30.0 Å². The van der Waals surface area contributed by atoms with Gasteiger partial charge in [-0.2, -0.15) is 0 Å². The van der Waals surface area contributed by atoms with Crippen LogP contribution in [0.1, 0.15) is 130 Å². The van der Waals surface area contributed by atoms with Crippen molar-refractivity contribution in [2.75, 3.05) is 68.3 Å². The van der Waals surface area contributed by atoms with Crippen molar-refractivity contribution in [1.82, 2.24) is 93.1 Å². The first-order valence-corrected chi connectivity index (χ1v) is 37.9. The minimum absolute atomic E-state index is 0. The molecule has 0 amide bonds. The van der Waals surface area contributed by atoms with E-state index in [9.17, 15) is 22.0 Å². The quantitative estimate of drug-likeness (QED) is 0.0461. The molecule has 12 aromatic rings. The highest BCUT2D eigenvalue weighted by Gasteiger charge is 2.32. The lowest BCUT2D eigenvalue weighted by Crippen LogP contribution is -2.42. The first-order valence-electron chi connectivity index (χ1n) is 37.9. The molecule has 5 N–H and O–H groups in total. The Morgan fingerprint density at radius 3 is 1.29 bits per heavy atom. The summed E-state index contributed by atoms with van der Waals surface area (Å²) in [5.41, 5.74) is 16.1. The van der Waals surface area contributed by atoms with Gasteiger partial charge >= 0.3 is 0 Å². The minimum atomic E-state index is -0.645. The fourth-order valence-electron chi connectivity index (χ4n) is 15.9. The Hall–Kier alpha value is -11.1. The molecule has 13 heterocycles. The van der Waals surface area contributed by atoms with Crippen molar-refractivity contribution >= 4 is 80.8 Å². The highest BCUT2D eigenvalue weighted by molar-refractivity contribution is 5.86. The number of rotatable bonds is 18. The largest absolute Gasteiger partial charge is 0.327 e. The number of aromatic nitrogens is 15. The number of nitrogens with zero attached hydrogens (tertiary/aromatic N) is 19. The van der Waals surface area contributed by atoms with Crippen molar-refractivity contribution < 1.29 is 26.3 Å². The Morgan fingerprint density at radius 1 is 0.469 bits per heavy atom. The molecule has 17 rings (SSSR count). The third-order valence-electron chi connectivity index (χ3n) is 21.0. The second kappa shape index (κ2) is 33.3. The molecule has 113 heavy (non-hydrogen) atoms. The average Bonchev–Trinajstić information content (AvgIpc) is 1.61. The zero-order valence-electron chi connectivity index (χ0n) is 64.2. The molecule has 0 spiro atoms. The summed E-state index contributed by atoms with van der Waals surface area (Å²) in [6, 6.07) is 21.8. The molecule has 1 unspecified atom stereocenters. The number of imidazole rings is 3. The van der Waals surface area contributed by atoms with Gasteiger partial charge in [-0.3, -0.25) is 19.6 Å². The number of terminal acetylenes is 2. The van der Waals surface area contributed by atoms with Crippen molar-refractivity contribution in [2.24, 2.45) is 5.73 Å². The number of anilines is 6. The van der Waals surface area contributed by atoms with Crippen molar-refractivity contribution in [2.45, 2.75) is 150 Å². The highest BCUT2D eigenvalue weighted by atomic mass is 35.5. The van der Waals surface area contributed by atoms with Crippen molar-refractivity contribution in [3.8, 4) is 58.5 Å². The van der Waals surface area contributed by atoms with Crippen LogP contribution >= 0.6 is 12.4 Å². The maximum atomic E-state index is 15.0. The van der Waals surface area contributed by atoms with E-state index in [4.69, 9.17) is 28.5 Å². The van der Waals surface area contributed by atoms with E-state index in [0.29, 0.717) is 93.0 Å². The average molecular weight is 1560 g/mol. The first-order chi connectivity index (χ1) is 54.0. The minimum Gasteiger partial charge on any atom is -0.327 e. The third kappa shape index (κ3) is 17.0. The molecule has 9 aromatic heterocycles. The topological polar surface area (TPSA) is 245 Å². The first kappa shape index (κ1) is 78.6. The summed E-state index contributed by atoms with van der Waals surface area (Å²) in [5, 5.41) is 9.26. The van der Waals surface area contributed by atoms with E-state index in [1.165, 1.54) is 42.2 Å². The molecule has 2 atom stereocenters. The summed E-state index contributed by atoms with van der Waals surface area (Å²) in [5.74, 6) is 6.45. The van der Waals surface area contributed by atoms with Gasteiger partial charge in [0.25, 0.3) is 0 Å². The summed E-state index contributed by atoms with van der Waals surface area (Å²) in [6.45, 7) is 24.8. The third-order valence-corrected chi connectivity index (χ3v) is 21.0. The number of halogens is 7. The molecule has 23 nitrogen and oxygen atoms in total. The number of likely N-dealkylation sites (tertiary alicyclic amines) is 1. The maximum absolute atomic E-state index is 15.0. The summed E-state index contributed by atoms with van der Waals surface area (Å²) in [6.07, 6.45) is 21.2. The van der Waals surface area contributed by atoms with Crippen LogP contribution in [-0.4, -0.2) is 158 Å². The van der Waals surface area contributed by atoms with E-state index in [1.807, 2.05) is 99.4 Å². The van der Waals surface area contributed by atoms with Gasteiger partial charge in [0.15, 0.2) is 34.9 Å². The SMILES string of the molecule is C#CCN1CCCC1CN1CCc2nc(Nc3ncc(F)c(-c4cc(F)c5nc(C)n(C(C)C)c5c4)n3)ccc2C1.C#CCN1CCc2nc(Nc3ncc(F)c(-c4cc(F)c5nc(C)n(C(C)C)c5c4)n3)ccc2C1.Cc1nc2c(F)cc(-c3nc(Nc4ccc5c(n4)CCN(C[C@@H](C)N)C5)ncc3F)cc2n1C1CC1.Cl. The van der Waals surface area contributed by atoms with E-state index < -0.39 is 34.9 Å². The molecular weight excluding hydrogens is 1470 g/mol. The molecule has 1 saturated carbocycles. The predicted molar refractivity (Wildman–Crippen MR) is 428 cm³/mol. The monoisotopic (exact) mass is 1560 g/mol. The summed E-state index contributed by atoms with van der Waals surface area (Å²) in [7, 11) is 0. The van der Waals surface area contributed by atoms with E-state index >= 15 is 4.39 Å². The zero-order valence-corrected chi connectivity index (χ0v) is 65.0. The Balaban J connectivity index is 0.000000140. The number of nitrogens with one attached hydrogen (secondary N) is 3. The van der Waals surface area contributed by atoms with Gasteiger partial charge < -0.3 is 35.4 Å². The smallest absolute Gasteiger partial charge is 0.229 e. The molecule has 4 aliphatic heterocycles. The van der Waals surface area contributed by atoms with E-state index in [0.717, 1.165) is 138 Å². The van der Waals surface area contributed by atoms with Crippen LogP contribution in [0.25, 0.3) is 66.9 Å². The predicted octanol–water partition coefficient (Wildman–Crippen LogP) is 14.7. The standard InChI is InChI=1S/C31H34F2N8.C26H28F2N8.C26H25F2N7.ClH/c1-5-11-40-12-6-7-23(40)18-39-13-10-26-21(17-39)8-9-28(36-26)37-31-34-16-25(33)29(38-31)22-14-24(32)30-27(15-22)41(19(2)3)20(4)35-30;1-14(29)12-35-8-7-21-16(13-35)3-6-23(32-21)33-26-30-11-20(28)24(34-26)17-9-19(27)25-22(10-17)36(15(2)31-25)18-4-5-18;1-5-9-34-10-8-21-17(14-34)6-7-23(31-21)32-26-29-13-20(28)24(33-26)18-11-19(27)25-22(12-18)35(15(2)3)16(4)30-25;/h1,8-9,14-16,19,23H,6-7,10-13,17-18H2,2-4H3,(H,34,36,37,38);3,6,9-11,14,18H,4-5,7-8,12-13,29H2,1-2H3,(H,30,32,33,34);1,6-7,11-13,15H,8-10,14H2,2-4H3,(H,29,31,32,33);1H/t;14-;;/m.1../s1. The number of fused-ring (bicyclic) bond motifs is 6. The van der Waals surface area contributed by atoms with Crippen molar-refractivity contribution in [1.29, 1.82) is 0 Å². The van der Waals surface area contributed by atoms with Crippen LogP contribution in [0.5, 0.6) is 0 Å². The lowest BCUT2D eigenvalue weighted by atomic mass is 10.0. The molecule has 584 valence electrons. The highest BCUT2D eigenvalue weighted by Crippen LogP contribution is 2.41. The van der Waals surface area contributed by atoms with Crippen LogP contribution < -0.4 is 21.7 Å². The number of aryl methyl sites for hydroxylation is 3. The molecular formula is C83H88ClF6N23. The van der Waals surface area contributed by atoms with Gasteiger partial charge in [0, 0.05) is 136 Å². The van der Waals surface area contributed by atoms with Crippen molar-refractivity contribution in [3.05, 3.63) is 178 Å². The fourth-order valence-corrected chi connectivity index (χ4v) is 15.9. The second-order valence-corrected chi connectivity index (χ2v) is 30.0. The van der Waals surface area contributed by atoms with Gasteiger partial charge in [0.1, 0.15) is 68.6 Å². The fraction of sp³-hybridized carbons (Fsp3) is 0.373. The molecule has 3 aromatic carbocycles. The summed E-state index contributed by atoms with van der Waals surface area (Å²) in [4.78, 5) is 62.1. The summed E-state index contributed by atoms with van der Waals surface area (Å²) < 4.78 is 95.4. The van der Waals surface area contributed by atoms with E-state index in [-0.39, 0.29) is 76.5 Å². The van der Waals surface area contributed by atoms with Gasteiger partial charge in [-0.25, -0.2) is 86.2 Å². The summed E-state index contributed by atoms with van der Waals surface area (Å²) >= 11 is 0. The number of hydrogen-bond donors (Lipinski definition) is 4. The van der Waals surface area contributed by atoms with Gasteiger partial charge in [0.2, 0.25) is 17.8 Å². The molecule has 0 bridgehead atoms. The number of hydrogen-bond acceptors (Lipinski definition) is 20. The number of nitrogens with two attached hydrogens (primary N) is 1. The van der Waals surface area contributed by atoms with Gasteiger partial charge in [0.05, 0.1) is 48.2 Å². The molecule has 30 heteroatoms. The Labute approximate surface area is 657 Å². The Morgan fingerprint density at radius 2 is 0.867 bits per heavy atom. The van der Waals surface area contributed by atoms with Crippen LogP contribution in [0.2, 0.25) is 0 Å². The Kier molecular flexibility index (Phi) is 23.2. The number of pyridine rings is 3. The lowest BCUT2D eigenvalue weighted by molar-refractivity contribution is 0.171. The normalized spacial score (nSPS) is 16.0. The van der Waals surface area contributed by atoms with Crippen LogP contribution in [0.15, 0.2) is 91.4 Å². The van der Waals surface area contributed by atoms with Gasteiger partial charge in [-0.05, 0) is 159 Å². The van der Waals surface area contributed by atoms with Gasteiger partial charge in [-0.15, -0.1) is 25.3 Å². The second-order valence-electron chi connectivity index (χ2n) is 30.0. The van der Waals surface area contributed by atoms with Crippen LogP contribution in [0, 0.1) is 80.4 Å². The zero-order chi connectivity index (χ0) is 78.3. The van der Waals surface area contributed by atoms with Crippen molar-refractivity contribution in [3.63, 3.8) is 0 Å². The Bertz CT molecular complexity index is 5670. The van der Waals surface area contributed by atoms with E-state index in [1.54, 1.807) is 18.2 Å². The van der Waals surface area contributed by atoms with E-state index in [2.05, 4.69) is 103 Å². The van der Waals surface area contributed by atoms with Crippen LogP contribution in [0.4, 0.5) is 61.6 Å². The lowest BCUT2D eigenvalue weighted by Gasteiger charge is -2.33.